The summed E-state index contributed by atoms with van der Waals surface area (Å²) < 4.78 is 0. The van der Waals surface area contributed by atoms with Crippen molar-refractivity contribution in [2.75, 3.05) is 6.54 Å². The summed E-state index contributed by atoms with van der Waals surface area (Å²) >= 11 is 0. The molecule has 1 aromatic carbocycles. The van der Waals surface area contributed by atoms with Crippen molar-refractivity contribution in [1.29, 1.82) is 5.26 Å². The summed E-state index contributed by atoms with van der Waals surface area (Å²) in [6.07, 6.45) is 2.84. The van der Waals surface area contributed by atoms with Gasteiger partial charge in [0.25, 0.3) is 0 Å². The molecule has 0 amide bonds. The van der Waals surface area contributed by atoms with Gasteiger partial charge in [0.05, 0.1) is 17.3 Å². The minimum Gasteiger partial charge on any atom is -0.330 e. The maximum absolute atomic E-state index is 8.59. The zero-order chi connectivity index (χ0) is 12.4. The molecule has 1 rings (SSSR count). The van der Waals surface area contributed by atoms with Crippen molar-refractivity contribution in [1.82, 2.24) is 0 Å². The molecule has 1 aromatic rings. The van der Waals surface area contributed by atoms with Crippen LogP contribution in [0.15, 0.2) is 23.2 Å². The van der Waals surface area contributed by atoms with Crippen LogP contribution in [0, 0.1) is 18.3 Å². The smallest absolute Gasteiger partial charge is 0.0991 e. The number of nitrogens with zero attached hydrogens (tertiary/aromatic N) is 2. The van der Waals surface area contributed by atoms with Gasteiger partial charge in [-0.05, 0) is 50.6 Å². The molecule has 0 atom stereocenters. The largest absolute Gasteiger partial charge is 0.330 e. The van der Waals surface area contributed by atoms with E-state index in [4.69, 9.17) is 11.0 Å². The second-order valence-electron chi connectivity index (χ2n) is 3.29. The molecule has 0 heterocycles. The molecular formula is C13H19N3. The molecule has 3 nitrogen and oxygen atoms in total. The topological polar surface area (TPSA) is 62.2 Å². The number of nitrogens with two attached hydrogens (primary N) is 1. The van der Waals surface area contributed by atoms with E-state index in [2.05, 4.69) is 18.0 Å². The van der Waals surface area contributed by atoms with E-state index in [1.807, 2.05) is 26.0 Å². The molecule has 3 heteroatoms. The molecule has 0 spiro atoms. The number of benzene rings is 1. The van der Waals surface area contributed by atoms with E-state index in [-0.39, 0.29) is 0 Å². The minimum absolute atomic E-state index is 0.683. The predicted octanol–water partition coefficient (Wildman–Crippen LogP) is 2.94. The van der Waals surface area contributed by atoms with Crippen LogP contribution in [0.2, 0.25) is 0 Å². The predicted molar refractivity (Wildman–Crippen MR) is 69.1 cm³/mol. The number of aliphatic imine (C=N–C) groups is 1. The Morgan fingerprint density at radius 2 is 2.12 bits per heavy atom. The SMILES string of the molecule is CC=Nc1ccc(C#N)cc1C.CCCN. The zero-order valence-electron chi connectivity index (χ0n) is 10.2. The summed E-state index contributed by atoms with van der Waals surface area (Å²) in [4.78, 5) is 4.15. The molecule has 2 N–H and O–H groups in total. The number of hydrogen-bond acceptors (Lipinski definition) is 3. The maximum atomic E-state index is 8.59. The van der Waals surface area contributed by atoms with Crippen molar-refractivity contribution in [3.8, 4) is 6.07 Å². The quantitative estimate of drug-likeness (QED) is 0.774. The van der Waals surface area contributed by atoms with Crippen molar-refractivity contribution in [2.45, 2.75) is 27.2 Å². The molecule has 0 bridgehead atoms. The summed E-state index contributed by atoms with van der Waals surface area (Å²) in [6.45, 7) is 6.70. The third kappa shape index (κ3) is 5.28. The number of aryl methyl sites for hydroxylation is 1. The lowest BCUT2D eigenvalue weighted by Gasteiger charge is -1.98. The zero-order valence-corrected chi connectivity index (χ0v) is 10.2. The molecule has 16 heavy (non-hydrogen) atoms. The van der Waals surface area contributed by atoms with Gasteiger partial charge in [0.1, 0.15) is 0 Å². The van der Waals surface area contributed by atoms with Gasteiger partial charge in [0, 0.05) is 6.21 Å². The Morgan fingerprint density at radius 3 is 2.50 bits per heavy atom. The standard InChI is InChI=1S/C10H10N2.C3H9N/c1-3-12-10-5-4-9(7-11)6-8(10)2;1-2-3-4/h3-6H,1-2H3;2-4H2,1H3. The highest BCUT2D eigenvalue weighted by molar-refractivity contribution is 5.63. The van der Waals surface area contributed by atoms with Crippen LogP contribution in [0.25, 0.3) is 0 Å². The van der Waals surface area contributed by atoms with Crippen LogP contribution in [0.1, 0.15) is 31.4 Å². The van der Waals surface area contributed by atoms with Crippen LogP contribution in [0.4, 0.5) is 5.69 Å². The Morgan fingerprint density at radius 1 is 1.50 bits per heavy atom. The second kappa shape index (κ2) is 8.63. The first-order chi connectivity index (χ1) is 7.69. The summed E-state index contributed by atoms with van der Waals surface area (Å²) in [6, 6.07) is 7.55. The molecule has 0 unspecified atom stereocenters. The van der Waals surface area contributed by atoms with Crippen LogP contribution in [-0.2, 0) is 0 Å². The lowest BCUT2D eigenvalue weighted by atomic mass is 10.1. The van der Waals surface area contributed by atoms with Crippen LogP contribution < -0.4 is 5.73 Å². The summed E-state index contributed by atoms with van der Waals surface area (Å²) in [5, 5.41) is 8.59. The third-order valence-corrected chi connectivity index (χ3v) is 1.88. The van der Waals surface area contributed by atoms with Crippen LogP contribution in [-0.4, -0.2) is 12.8 Å². The van der Waals surface area contributed by atoms with Gasteiger partial charge in [-0.2, -0.15) is 5.26 Å². The molecule has 86 valence electrons. The fourth-order valence-electron chi connectivity index (χ4n) is 1.01. The monoisotopic (exact) mass is 217 g/mol. The van der Waals surface area contributed by atoms with E-state index < -0.39 is 0 Å². The number of hydrogen-bond donors (Lipinski definition) is 1. The lowest BCUT2D eigenvalue weighted by Crippen LogP contribution is -1.93. The highest BCUT2D eigenvalue weighted by Gasteiger charge is 1.96. The fourth-order valence-corrected chi connectivity index (χ4v) is 1.01. The lowest BCUT2D eigenvalue weighted by molar-refractivity contribution is 0.932. The van der Waals surface area contributed by atoms with E-state index in [9.17, 15) is 0 Å². The first-order valence-electron chi connectivity index (χ1n) is 5.39. The highest BCUT2D eigenvalue weighted by atomic mass is 14.7. The Bertz CT molecular complexity index is 373. The molecule has 0 fully saturated rings. The van der Waals surface area contributed by atoms with Gasteiger partial charge >= 0.3 is 0 Å². The molecular weight excluding hydrogens is 198 g/mol. The Kier molecular flexibility index (Phi) is 7.74. The summed E-state index contributed by atoms with van der Waals surface area (Å²) in [5.74, 6) is 0. The van der Waals surface area contributed by atoms with Crippen LogP contribution in [0.5, 0.6) is 0 Å². The van der Waals surface area contributed by atoms with Gasteiger partial charge in [-0.3, -0.25) is 4.99 Å². The van der Waals surface area contributed by atoms with Gasteiger partial charge in [0.2, 0.25) is 0 Å². The van der Waals surface area contributed by atoms with Gasteiger partial charge in [-0.15, -0.1) is 0 Å². The summed E-state index contributed by atoms with van der Waals surface area (Å²) in [7, 11) is 0. The molecule has 0 aliphatic carbocycles. The van der Waals surface area contributed by atoms with E-state index >= 15 is 0 Å². The first kappa shape index (κ1) is 14.3. The molecule has 0 saturated carbocycles. The van der Waals surface area contributed by atoms with E-state index in [1.165, 1.54) is 0 Å². The third-order valence-electron chi connectivity index (χ3n) is 1.88. The van der Waals surface area contributed by atoms with Gasteiger partial charge in [0.15, 0.2) is 0 Å². The average molecular weight is 217 g/mol. The van der Waals surface area contributed by atoms with E-state index in [1.54, 1.807) is 12.3 Å². The normalized spacial score (nSPS) is 9.44. The van der Waals surface area contributed by atoms with Crippen molar-refractivity contribution < 1.29 is 0 Å². The van der Waals surface area contributed by atoms with Crippen molar-refractivity contribution in [3.05, 3.63) is 29.3 Å². The minimum atomic E-state index is 0.683. The van der Waals surface area contributed by atoms with Crippen LogP contribution in [0.3, 0.4) is 0 Å². The van der Waals surface area contributed by atoms with E-state index in [0.29, 0.717) is 5.56 Å². The average Bonchev–Trinajstić information content (AvgIpc) is 2.32. The number of nitriles is 1. The van der Waals surface area contributed by atoms with Gasteiger partial charge in [-0.1, -0.05) is 6.92 Å². The van der Waals surface area contributed by atoms with Crippen LogP contribution >= 0.6 is 0 Å². The first-order valence-corrected chi connectivity index (χ1v) is 5.39. The van der Waals surface area contributed by atoms with Gasteiger partial charge in [-0.25, -0.2) is 0 Å². The Hall–Kier alpha value is -1.66. The molecule has 0 saturated heterocycles. The Labute approximate surface area is 97.6 Å². The van der Waals surface area contributed by atoms with Gasteiger partial charge < -0.3 is 5.73 Å². The molecule has 0 aliphatic heterocycles. The van der Waals surface area contributed by atoms with Crippen molar-refractivity contribution in [3.63, 3.8) is 0 Å². The fraction of sp³-hybridized carbons (Fsp3) is 0.385. The highest BCUT2D eigenvalue weighted by Crippen LogP contribution is 2.18. The molecule has 0 aliphatic rings. The number of rotatable bonds is 2. The van der Waals surface area contributed by atoms with Crippen molar-refractivity contribution in [2.24, 2.45) is 10.7 Å². The molecule has 0 radical (unpaired) electrons. The van der Waals surface area contributed by atoms with Crippen molar-refractivity contribution >= 4 is 11.9 Å². The molecule has 0 aromatic heterocycles. The summed E-state index contributed by atoms with van der Waals surface area (Å²) in [5.41, 5.74) is 7.67. The maximum Gasteiger partial charge on any atom is 0.0991 e. The Balaban J connectivity index is 0.000000487. The van der Waals surface area contributed by atoms with E-state index in [0.717, 1.165) is 24.2 Å². The second-order valence-corrected chi connectivity index (χ2v) is 3.29.